The molecule has 0 unspecified atom stereocenters. The SMILES string of the molecule is CCC[C@@H](Br)C(=O)Nc1nc2c(F)cc(Br)cc2s1. The Labute approximate surface area is 130 Å². The number of anilines is 1. The average Bonchev–Trinajstić information content (AvgIpc) is 2.72. The van der Waals surface area contributed by atoms with Crippen molar-refractivity contribution in [1.82, 2.24) is 4.98 Å². The minimum atomic E-state index is -0.398. The number of thiazole rings is 1. The van der Waals surface area contributed by atoms with Crippen LogP contribution in [0.4, 0.5) is 9.52 Å². The molecule has 0 fully saturated rings. The summed E-state index contributed by atoms with van der Waals surface area (Å²) in [5, 5.41) is 3.12. The van der Waals surface area contributed by atoms with E-state index in [0.717, 1.165) is 12.8 Å². The number of amides is 1. The third kappa shape index (κ3) is 3.52. The van der Waals surface area contributed by atoms with E-state index in [9.17, 15) is 9.18 Å². The lowest BCUT2D eigenvalue weighted by atomic mass is 10.2. The number of carbonyl (C=O) groups excluding carboxylic acids is 1. The molecule has 1 atom stereocenters. The Morgan fingerprint density at radius 3 is 3.00 bits per heavy atom. The minimum absolute atomic E-state index is 0.152. The number of hydrogen-bond donors (Lipinski definition) is 1. The first-order chi connectivity index (χ1) is 9.01. The maximum atomic E-state index is 13.7. The van der Waals surface area contributed by atoms with E-state index in [1.54, 1.807) is 6.07 Å². The van der Waals surface area contributed by atoms with Crippen molar-refractivity contribution < 1.29 is 9.18 Å². The Hall–Kier alpha value is -0.530. The Morgan fingerprint density at radius 2 is 2.32 bits per heavy atom. The van der Waals surface area contributed by atoms with Crippen LogP contribution in [0.2, 0.25) is 0 Å². The molecule has 0 aliphatic carbocycles. The van der Waals surface area contributed by atoms with E-state index >= 15 is 0 Å². The zero-order chi connectivity index (χ0) is 14.0. The summed E-state index contributed by atoms with van der Waals surface area (Å²) >= 11 is 7.80. The highest BCUT2D eigenvalue weighted by molar-refractivity contribution is 9.10. The first-order valence-electron chi connectivity index (χ1n) is 5.71. The number of halogens is 3. The maximum Gasteiger partial charge on any atom is 0.239 e. The highest BCUT2D eigenvalue weighted by atomic mass is 79.9. The van der Waals surface area contributed by atoms with Gasteiger partial charge in [-0.2, -0.15) is 0 Å². The minimum Gasteiger partial charge on any atom is -0.301 e. The Bertz CT molecular complexity index is 617. The molecule has 3 nitrogen and oxygen atoms in total. The van der Waals surface area contributed by atoms with Crippen LogP contribution >= 0.6 is 43.2 Å². The lowest BCUT2D eigenvalue weighted by Gasteiger charge is -2.06. The smallest absolute Gasteiger partial charge is 0.239 e. The molecule has 0 aliphatic rings. The number of rotatable bonds is 4. The van der Waals surface area contributed by atoms with Crippen molar-refractivity contribution in [3.05, 3.63) is 22.4 Å². The second-order valence-corrected chi connectivity index (χ2v) is 7.05. The normalized spacial score (nSPS) is 12.6. The van der Waals surface area contributed by atoms with Gasteiger partial charge in [0.2, 0.25) is 5.91 Å². The molecule has 1 heterocycles. The molecule has 1 aromatic carbocycles. The zero-order valence-electron chi connectivity index (χ0n) is 10.0. The maximum absolute atomic E-state index is 13.7. The third-order valence-electron chi connectivity index (χ3n) is 2.47. The number of nitrogens with zero attached hydrogens (tertiary/aromatic N) is 1. The van der Waals surface area contributed by atoms with Crippen LogP contribution < -0.4 is 5.32 Å². The molecule has 2 rings (SSSR count). The first-order valence-corrected chi connectivity index (χ1v) is 8.24. The summed E-state index contributed by atoms with van der Waals surface area (Å²) in [7, 11) is 0. The summed E-state index contributed by atoms with van der Waals surface area (Å²) in [5.41, 5.74) is 0.283. The van der Waals surface area contributed by atoms with Crippen molar-refractivity contribution in [3.63, 3.8) is 0 Å². The molecule has 0 radical (unpaired) electrons. The molecule has 0 saturated carbocycles. The summed E-state index contributed by atoms with van der Waals surface area (Å²) in [4.78, 5) is 15.7. The van der Waals surface area contributed by atoms with E-state index in [2.05, 4.69) is 42.2 Å². The molecular weight excluding hydrogens is 399 g/mol. The number of alkyl halides is 1. The van der Waals surface area contributed by atoms with Gasteiger partial charge in [-0.25, -0.2) is 9.37 Å². The number of nitrogens with one attached hydrogen (secondary N) is 1. The fourth-order valence-corrected chi connectivity index (χ4v) is 3.66. The number of fused-ring (bicyclic) bond motifs is 1. The molecule has 2 aromatic rings. The van der Waals surface area contributed by atoms with Crippen LogP contribution in [-0.4, -0.2) is 15.7 Å². The standard InChI is InChI=1S/C12H11Br2FN2OS/c1-2-3-7(14)11(18)17-12-16-10-8(15)4-6(13)5-9(10)19-12/h4-5,7H,2-3H2,1H3,(H,16,17,18)/t7-/m1/s1. The predicted molar refractivity (Wildman–Crippen MR) is 83.5 cm³/mol. The van der Waals surface area contributed by atoms with Gasteiger partial charge in [0.1, 0.15) is 5.52 Å². The molecule has 102 valence electrons. The molecule has 0 saturated heterocycles. The molecule has 1 N–H and O–H groups in total. The number of benzene rings is 1. The summed E-state index contributed by atoms with van der Waals surface area (Å²) in [6.45, 7) is 2.01. The summed E-state index contributed by atoms with van der Waals surface area (Å²) in [5.74, 6) is -0.551. The van der Waals surface area contributed by atoms with E-state index in [1.807, 2.05) is 6.92 Å². The second-order valence-electron chi connectivity index (χ2n) is 4.00. The van der Waals surface area contributed by atoms with Crippen molar-refractivity contribution in [1.29, 1.82) is 0 Å². The van der Waals surface area contributed by atoms with Crippen molar-refractivity contribution >= 4 is 64.5 Å². The van der Waals surface area contributed by atoms with E-state index in [1.165, 1.54) is 17.4 Å². The van der Waals surface area contributed by atoms with Crippen LogP contribution in [0.25, 0.3) is 10.2 Å². The van der Waals surface area contributed by atoms with Gasteiger partial charge in [-0.1, -0.05) is 56.5 Å². The first kappa shape index (κ1) is 14.9. The third-order valence-corrected chi connectivity index (χ3v) is 4.72. The quantitative estimate of drug-likeness (QED) is 0.743. The monoisotopic (exact) mass is 408 g/mol. The van der Waals surface area contributed by atoms with Gasteiger partial charge < -0.3 is 5.32 Å². The van der Waals surface area contributed by atoms with E-state index in [-0.39, 0.29) is 16.3 Å². The molecular formula is C12H11Br2FN2OS. The fourth-order valence-electron chi connectivity index (χ4n) is 1.58. The van der Waals surface area contributed by atoms with Gasteiger partial charge in [0.25, 0.3) is 0 Å². The van der Waals surface area contributed by atoms with E-state index in [4.69, 9.17) is 0 Å². The van der Waals surface area contributed by atoms with Crippen molar-refractivity contribution in [3.8, 4) is 0 Å². The number of aromatic nitrogens is 1. The highest BCUT2D eigenvalue weighted by Crippen LogP contribution is 2.31. The van der Waals surface area contributed by atoms with Crippen LogP contribution in [0, 0.1) is 5.82 Å². The Morgan fingerprint density at radius 1 is 1.58 bits per heavy atom. The van der Waals surface area contributed by atoms with Gasteiger partial charge in [-0.3, -0.25) is 4.79 Å². The van der Waals surface area contributed by atoms with Gasteiger partial charge in [-0.05, 0) is 18.6 Å². The topological polar surface area (TPSA) is 42.0 Å². The second kappa shape index (κ2) is 6.28. The lowest BCUT2D eigenvalue weighted by molar-refractivity contribution is -0.115. The lowest BCUT2D eigenvalue weighted by Crippen LogP contribution is -2.22. The largest absolute Gasteiger partial charge is 0.301 e. The zero-order valence-corrected chi connectivity index (χ0v) is 14.0. The average molecular weight is 410 g/mol. The summed E-state index contributed by atoms with van der Waals surface area (Å²) < 4.78 is 15.0. The Kier molecular flexibility index (Phi) is 4.92. The van der Waals surface area contributed by atoms with Crippen LogP contribution in [-0.2, 0) is 4.79 Å². The van der Waals surface area contributed by atoms with Crippen molar-refractivity contribution in [2.24, 2.45) is 0 Å². The fraction of sp³-hybridized carbons (Fsp3) is 0.333. The van der Waals surface area contributed by atoms with Gasteiger partial charge in [0.15, 0.2) is 10.9 Å². The van der Waals surface area contributed by atoms with Gasteiger partial charge in [0, 0.05) is 4.47 Å². The molecule has 19 heavy (non-hydrogen) atoms. The van der Waals surface area contributed by atoms with Crippen LogP contribution in [0.3, 0.4) is 0 Å². The van der Waals surface area contributed by atoms with Crippen LogP contribution in [0.1, 0.15) is 19.8 Å². The van der Waals surface area contributed by atoms with Gasteiger partial charge in [0.05, 0.1) is 9.53 Å². The number of carbonyl (C=O) groups is 1. The summed E-state index contributed by atoms with van der Waals surface area (Å²) in [6, 6.07) is 3.14. The molecule has 1 aromatic heterocycles. The van der Waals surface area contributed by atoms with Gasteiger partial charge in [-0.15, -0.1) is 0 Å². The molecule has 7 heteroatoms. The molecule has 1 amide bonds. The molecule has 0 bridgehead atoms. The van der Waals surface area contributed by atoms with Crippen molar-refractivity contribution in [2.75, 3.05) is 5.32 Å². The van der Waals surface area contributed by atoms with Crippen LogP contribution in [0.5, 0.6) is 0 Å². The molecule has 0 aliphatic heterocycles. The predicted octanol–water partition coefficient (Wildman–Crippen LogP) is 4.70. The van der Waals surface area contributed by atoms with Crippen molar-refractivity contribution in [2.45, 2.75) is 24.6 Å². The van der Waals surface area contributed by atoms with Crippen LogP contribution in [0.15, 0.2) is 16.6 Å². The van der Waals surface area contributed by atoms with E-state index in [0.29, 0.717) is 14.3 Å². The number of hydrogen-bond acceptors (Lipinski definition) is 3. The highest BCUT2D eigenvalue weighted by Gasteiger charge is 2.16. The van der Waals surface area contributed by atoms with Gasteiger partial charge >= 0.3 is 0 Å². The summed E-state index contributed by atoms with van der Waals surface area (Å²) in [6.07, 6.45) is 1.65. The molecule has 0 spiro atoms. The van der Waals surface area contributed by atoms with E-state index < -0.39 is 5.82 Å². The Balaban J connectivity index is 2.22.